The van der Waals surface area contributed by atoms with Gasteiger partial charge in [-0.3, -0.25) is 24.1 Å². The number of rotatable bonds is 6. The van der Waals surface area contributed by atoms with Gasteiger partial charge in [0.2, 0.25) is 11.8 Å². The number of hydrogen-bond donors (Lipinski definition) is 2. The Morgan fingerprint density at radius 2 is 2.00 bits per heavy atom. The Kier molecular flexibility index (Phi) is 5.50. The summed E-state index contributed by atoms with van der Waals surface area (Å²) in [6.45, 7) is 1.12. The van der Waals surface area contributed by atoms with Crippen molar-refractivity contribution < 1.29 is 33.8 Å². The quantitative estimate of drug-likeness (QED) is 0.656. The Hall–Kier alpha value is -3.14. The van der Waals surface area contributed by atoms with Crippen LogP contribution in [0.25, 0.3) is 0 Å². The van der Waals surface area contributed by atoms with E-state index in [-0.39, 0.29) is 25.6 Å². The van der Waals surface area contributed by atoms with Gasteiger partial charge in [0, 0.05) is 5.56 Å². The van der Waals surface area contributed by atoms with Gasteiger partial charge in [-0.1, -0.05) is 0 Å². The summed E-state index contributed by atoms with van der Waals surface area (Å²) in [6, 6.07) is 4.65. The predicted octanol–water partition coefficient (Wildman–Crippen LogP) is -0.706. The first-order chi connectivity index (χ1) is 13.3. The average Bonchev–Trinajstić information content (AvgIpc) is 3.02. The van der Waals surface area contributed by atoms with E-state index in [1.807, 2.05) is 0 Å². The average molecular weight is 391 g/mol. The summed E-state index contributed by atoms with van der Waals surface area (Å²) >= 11 is 0. The third-order valence-corrected chi connectivity index (χ3v) is 4.72. The van der Waals surface area contributed by atoms with Crippen LogP contribution in [0.2, 0.25) is 0 Å². The Morgan fingerprint density at radius 1 is 1.32 bits per heavy atom. The third kappa shape index (κ3) is 3.77. The number of carboxylic acids is 1. The third-order valence-electron chi connectivity index (χ3n) is 4.72. The minimum atomic E-state index is -1.17. The first-order valence-electron chi connectivity index (χ1n) is 8.71. The van der Waals surface area contributed by atoms with Gasteiger partial charge in [0.05, 0.1) is 26.8 Å². The second-order valence-corrected chi connectivity index (χ2v) is 6.59. The summed E-state index contributed by atoms with van der Waals surface area (Å²) in [5, 5.41) is 11.2. The van der Waals surface area contributed by atoms with Gasteiger partial charge in [0.25, 0.3) is 5.91 Å². The highest BCUT2D eigenvalue weighted by Crippen LogP contribution is 2.27. The van der Waals surface area contributed by atoms with Crippen molar-refractivity contribution in [1.29, 1.82) is 0 Å². The molecule has 3 atom stereocenters. The number of carbonyl (C=O) groups excluding carboxylic acids is 3. The molecule has 150 valence electrons. The second kappa shape index (κ2) is 7.85. The number of nitrogens with one attached hydrogen (secondary N) is 1. The van der Waals surface area contributed by atoms with Crippen LogP contribution in [0.3, 0.4) is 0 Å². The molecule has 1 aromatic carbocycles. The molecule has 0 unspecified atom stereocenters. The molecule has 2 bridgehead atoms. The molecular weight excluding hydrogens is 370 g/mol. The van der Waals surface area contributed by atoms with Crippen LogP contribution in [0, 0.1) is 0 Å². The number of carbonyl (C=O) groups is 4. The van der Waals surface area contributed by atoms with E-state index in [9.17, 15) is 19.2 Å². The van der Waals surface area contributed by atoms with E-state index in [1.165, 1.54) is 23.8 Å². The maximum atomic E-state index is 12.8. The van der Waals surface area contributed by atoms with Crippen molar-refractivity contribution >= 4 is 23.7 Å². The standard InChI is InChI=1S/C18H21N3O7/c1-10(18(25)26)19-14(22)7-20-8-15-21(13(9-28-15)17(20)24)16(23)11-3-5-12(27-2)6-4-11/h3-6,10,13,15H,7-9H2,1-2H3,(H,19,22)(H,25,26)/t10-,13-,15-/m0/s1. The Morgan fingerprint density at radius 3 is 2.61 bits per heavy atom. The van der Waals surface area contributed by atoms with Gasteiger partial charge in [0.15, 0.2) is 6.23 Å². The molecule has 2 N–H and O–H groups in total. The fourth-order valence-corrected chi connectivity index (χ4v) is 3.20. The Balaban J connectivity index is 1.68. The molecule has 2 heterocycles. The van der Waals surface area contributed by atoms with Crippen molar-refractivity contribution in [3.8, 4) is 5.75 Å². The van der Waals surface area contributed by atoms with Crippen molar-refractivity contribution in [2.45, 2.75) is 25.2 Å². The van der Waals surface area contributed by atoms with Gasteiger partial charge in [-0.05, 0) is 31.2 Å². The molecular formula is C18H21N3O7. The lowest BCUT2D eigenvalue weighted by molar-refractivity contribution is -0.146. The number of ether oxygens (including phenoxy) is 2. The molecule has 0 aliphatic carbocycles. The molecule has 0 aromatic heterocycles. The summed E-state index contributed by atoms with van der Waals surface area (Å²) in [4.78, 5) is 51.1. The SMILES string of the molecule is COc1ccc(C(=O)N2[C@@H]3CN(CC(=O)N[C@@H](C)C(=O)O)C(=O)[C@@H]2CO3)cc1. The van der Waals surface area contributed by atoms with Crippen molar-refractivity contribution in [2.75, 3.05) is 26.8 Å². The molecule has 1 aromatic rings. The van der Waals surface area contributed by atoms with Crippen LogP contribution in [0.5, 0.6) is 5.75 Å². The molecule has 3 rings (SSSR count). The molecule has 2 aliphatic heterocycles. The number of aliphatic carboxylic acids is 1. The topological polar surface area (TPSA) is 125 Å². The van der Waals surface area contributed by atoms with Crippen molar-refractivity contribution in [3.05, 3.63) is 29.8 Å². The van der Waals surface area contributed by atoms with E-state index in [0.717, 1.165) is 0 Å². The number of amides is 3. The van der Waals surface area contributed by atoms with E-state index in [0.29, 0.717) is 11.3 Å². The lowest BCUT2D eigenvalue weighted by Crippen LogP contribution is -2.61. The van der Waals surface area contributed by atoms with E-state index in [2.05, 4.69) is 5.32 Å². The Bertz CT molecular complexity index is 795. The van der Waals surface area contributed by atoms with Gasteiger partial charge < -0.3 is 24.8 Å². The molecule has 10 heteroatoms. The molecule has 3 amide bonds. The smallest absolute Gasteiger partial charge is 0.325 e. The zero-order chi connectivity index (χ0) is 20.4. The van der Waals surface area contributed by atoms with Crippen LogP contribution in [0.15, 0.2) is 24.3 Å². The van der Waals surface area contributed by atoms with Crippen LogP contribution < -0.4 is 10.1 Å². The summed E-state index contributed by atoms with van der Waals surface area (Å²) in [5.74, 6) is -1.89. The lowest BCUT2D eigenvalue weighted by atomic mass is 10.1. The highest BCUT2D eigenvalue weighted by molar-refractivity contribution is 5.99. The molecule has 10 nitrogen and oxygen atoms in total. The second-order valence-electron chi connectivity index (χ2n) is 6.59. The first kappa shape index (κ1) is 19.6. The first-order valence-corrected chi connectivity index (χ1v) is 8.71. The van der Waals surface area contributed by atoms with Crippen LogP contribution in [-0.4, -0.2) is 83.7 Å². The highest BCUT2D eigenvalue weighted by atomic mass is 16.5. The van der Waals surface area contributed by atoms with Crippen LogP contribution in [0.4, 0.5) is 0 Å². The largest absolute Gasteiger partial charge is 0.497 e. The van der Waals surface area contributed by atoms with E-state index in [4.69, 9.17) is 14.6 Å². The van der Waals surface area contributed by atoms with E-state index < -0.39 is 36.1 Å². The van der Waals surface area contributed by atoms with Crippen LogP contribution in [-0.2, 0) is 19.1 Å². The van der Waals surface area contributed by atoms with E-state index in [1.54, 1.807) is 24.3 Å². The summed E-state index contributed by atoms with van der Waals surface area (Å²) in [5.41, 5.74) is 0.399. The van der Waals surface area contributed by atoms with Crippen LogP contribution in [0.1, 0.15) is 17.3 Å². The van der Waals surface area contributed by atoms with Crippen molar-refractivity contribution in [2.24, 2.45) is 0 Å². The van der Waals surface area contributed by atoms with Crippen molar-refractivity contribution in [1.82, 2.24) is 15.1 Å². The minimum absolute atomic E-state index is 0.0338. The number of carboxylic acid groups (broad SMARTS) is 1. The zero-order valence-corrected chi connectivity index (χ0v) is 15.5. The predicted molar refractivity (Wildman–Crippen MR) is 94.5 cm³/mol. The monoisotopic (exact) mass is 391 g/mol. The van der Waals surface area contributed by atoms with Gasteiger partial charge in [-0.15, -0.1) is 0 Å². The van der Waals surface area contributed by atoms with Crippen LogP contribution >= 0.6 is 0 Å². The number of benzene rings is 1. The maximum Gasteiger partial charge on any atom is 0.325 e. The minimum Gasteiger partial charge on any atom is -0.497 e. The summed E-state index contributed by atoms with van der Waals surface area (Å²) in [6.07, 6.45) is -0.665. The number of fused-ring (bicyclic) bond motifs is 2. The molecule has 0 saturated carbocycles. The molecule has 2 aliphatic rings. The van der Waals surface area contributed by atoms with Gasteiger partial charge >= 0.3 is 5.97 Å². The lowest BCUT2D eigenvalue weighted by Gasteiger charge is -2.38. The van der Waals surface area contributed by atoms with Crippen molar-refractivity contribution in [3.63, 3.8) is 0 Å². The molecule has 0 radical (unpaired) electrons. The van der Waals surface area contributed by atoms with Gasteiger partial charge in [-0.2, -0.15) is 0 Å². The van der Waals surface area contributed by atoms with Gasteiger partial charge in [-0.25, -0.2) is 0 Å². The highest BCUT2D eigenvalue weighted by Gasteiger charge is 2.49. The molecule has 0 spiro atoms. The fraction of sp³-hybridized carbons (Fsp3) is 0.444. The zero-order valence-electron chi connectivity index (χ0n) is 15.5. The molecule has 28 heavy (non-hydrogen) atoms. The number of hydrogen-bond acceptors (Lipinski definition) is 6. The van der Waals surface area contributed by atoms with Gasteiger partial charge in [0.1, 0.15) is 17.8 Å². The van der Waals surface area contributed by atoms with E-state index >= 15 is 0 Å². The summed E-state index contributed by atoms with van der Waals surface area (Å²) in [7, 11) is 1.52. The molecule has 2 saturated heterocycles. The Labute approximate surface area is 161 Å². The number of methoxy groups -OCH3 is 1. The number of piperazine rings is 1. The summed E-state index contributed by atoms with van der Waals surface area (Å²) < 4.78 is 10.6. The normalized spacial score (nSPS) is 22.0. The molecule has 2 fully saturated rings. The number of nitrogens with zero attached hydrogens (tertiary/aromatic N) is 2. The fourth-order valence-electron chi connectivity index (χ4n) is 3.20. The maximum absolute atomic E-state index is 12.8.